The minimum Gasteiger partial charge on any atom is -0.348 e. The minimum absolute atomic E-state index is 0.0392. The Bertz CT molecular complexity index is 712. The largest absolute Gasteiger partial charge is 0.348 e. The molecule has 3 N–H and O–H groups in total. The number of amides is 1. The van der Waals surface area contributed by atoms with Crippen LogP contribution in [0.5, 0.6) is 0 Å². The number of aryl methyl sites for hydroxylation is 1. The highest BCUT2D eigenvalue weighted by molar-refractivity contribution is 5.94. The van der Waals surface area contributed by atoms with Crippen molar-refractivity contribution in [1.82, 2.24) is 15.1 Å². The fourth-order valence-electron chi connectivity index (χ4n) is 1.77. The molecule has 0 saturated heterocycles. The van der Waals surface area contributed by atoms with E-state index < -0.39 is 11.7 Å². The SMILES string of the molecule is Cn1cc(CNC(=O)c2cc(C#CCN)ccc2F)cn1. The second-order valence-corrected chi connectivity index (χ2v) is 4.41. The zero-order valence-electron chi connectivity index (χ0n) is 11.6. The van der Waals surface area contributed by atoms with Gasteiger partial charge in [0.15, 0.2) is 0 Å². The summed E-state index contributed by atoms with van der Waals surface area (Å²) in [7, 11) is 1.78. The molecule has 0 saturated carbocycles. The molecule has 108 valence electrons. The predicted molar refractivity (Wildman–Crippen MR) is 76.7 cm³/mol. The van der Waals surface area contributed by atoms with Crippen molar-refractivity contribution in [2.45, 2.75) is 6.54 Å². The van der Waals surface area contributed by atoms with Gasteiger partial charge in [-0.3, -0.25) is 9.48 Å². The molecule has 0 spiro atoms. The lowest BCUT2D eigenvalue weighted by Gasteiger charge is -2.05. The number of hydrogen-bond acceptors (Lipinski definition) is 3. The molecule has 21 heavy (non-hydrogen) atoms. The number of benzene rings is 1. The maximum atomic E-state index is 13.7. The molecule has 1 aromatic heterocycles. The fourth-order valence-corrected chi connectivity index (χ4v) is 1.77. The van der Waals surface area contributed by atoms with Gasteiger partial charge >= 0.3 is 0 Å². The molecule has 0 radical (unpaired) electrons. The first-order chi connectivity index (χ1) is 10.1. The van der Waals surface area contributed by atoms with Crippen LogP contribution in [0.25, 0.3) is 0 Å². The molecule has 0 atom stereocenters. The summed E-state index contributed by atoms with van der Waals surface area (Å²) in [5, 5.41) is 6.64. The molecule has 1 aromatic carbocycles. The number of hydrogen-bond donors (Lipinski definition) is 2. The normalized spacial score (nSPS) is 9.86. The van der Waals surface area contributed by atoms with E-state index in [2.05, 4.69) is 22.3 Å². The van der Waals surface area contributed by atoms with E-state index in [0.717, 1.165) is 5.56 Å². The van der Waals surface area contributed by atoms with Crippen LogP contribution in [0.3, 0.4) is 0 Å². The van der Waals surface area contributed by atoms with Gasteiger partial charge in [0.2, 0.25) is 0 Å². The molecule has 1 amide bonds. The van der Waals surface area contributed by atoms with E-state index in [1.807, 2.05) is 0 Å². The standard InChI is InChI=1S/C15H15FN4O/c1-20-10-12(9-19-20)8-18-15(21)13-7-11(3-2-6-17)4-5-14(13)16/h4-5,7,9-10H,6,8,17H2,1H3,(H,18,21). The van der Waals surface area contributed by atoms with E-state index in [-0.39, 0.29) is 18.7 Å². The van der Waals surface area contributed by atoms with Crippen LogP contribution in [0.2, 0.25) is 0 Å². The summed E-state index contributed by atoms with van der Waals surface area (Å²) in [6, 6.07) is 4.14. The van der Waals surface area contributed by atoms with Crippen LogP contribution in [0.1, 0.15) is 21.5 Å². The van der Waals surface area contributed by atoms with E-state index in [1.165, 1.54) is 18.2 Å². The van der Waals surface area contributed by atoms with Crippen LogP contribution in [-0.4, -0.2) is 22.2 Å². The second kappa shape index (κ2) is 6.68. The van der Waals surface area contributed by atoms with Gasteiger partial charge in [-0.2, -0.15) is 5.10 Å². The zero-order valence-corrected chi connectivity index (χ0v) is 11.6. The first-order valence-corrected chi connectivity index (χ1v) is 6.34. The molecule has 0 unspecified atom stereocenters. The summed E-state index contributed by atoms with van der Waals surface area (Å²) in [6.45, 7) is 0.491. The molecule has 1 heterocycles. The summed E-state index contributed by atoms with van der Waals surface area (Å²) in [5.74, 6) is 4.35. The van der Waals surface area contributed by atoms with E-state index in [1.54, 1.807) is 24.1 Å². The average molecular weight is 286 g/mol. The van der Waals surface area contributed by atoms with Crippen molar-refractivity contribution in [1.29, 1.82) is 0 Å². The number of aromatic nitrogens is 2. The Morgan fingerprint density at radius 3 is 3.00 bits per heavy atom. The summed E-state index contributed by atoms with van der Waals surface area (Å²) in [6.07, 6.45) is 3.42. The van der Waals surface area contributed by atoms with Crippen molar-refractivity contribution in [3.63, 3.8) is 0 Å². The van der Waals surface area contributed by atoms with Crippen molar-refractivity contribution in [3.05, 3.63) is 53.1 Å². The van der Waals surface area contributed by atoms with E-state index in [4.69, 9.17) is 5.73 Å². The molecule has 0 aliphatic carbocycles. The summed E-state index contributed by atoms with van der Waals surface area (Å²) >= 11 is 0. The molecule has 6 heteroatoms. The average Bonchev–Trinajstić information content (AvgIpc) is 2.89. The third kappa shape index (κ3) is 3.91. The molecular formula is C15H15FN4O. The Morgan fingerprint density at radius 2 is 2.33 bits per heavy atom. The molecule has 0 bridgehead atoms. The van der Waals surface area contributed by atoms with Gasteiger partial charge < -0.3 is 11.1 Å². The molecule has 5 nitrogen and oxygen atoms in total. The monoisotopic (exact) mass is 286 g/mol. The Balaban J connectivity index is 2.10. The Hall–Kier alpha value is -2.65. The number of nitrogens with two attached hydrogens (primary N) is 1. The predicted octanol–water partition coefficient (Wildman–Crippen LogP) is 0.799. The Morgan fingerprint density at radius 1 is 1.52 bits per heavy atom. The Labute approximate surface area is 122 Å². The van der Waals surface area contributed by atoms with Gasteiger partial charge in [0, 0.05) is 30.9 Å². The van der Waals surface area contributed by atoms with Gasteiger partial charge in [0.05, 0.1) is 18.3 Å². The molecule has 0 fully saturated rings. The quantitative estimate of drug-likeness (QED) is 0.820. The molecular weight excluding hydrogens is 271 g/mol. The fraction of sp³-hybridized carbons (Fsp3) is 0.200. The summed E-state index contributed by atoms with van der Waals surface area (Å²) < 4.78 is 15.4. The number of carbonyl (C=O) groups is 1. The minimum atomic E-state index is -0.586. The van der Waals surface area contributed by atoms with Crippen LogP contribution in [0.4, 0.5) is 4.39 Å². The van der Waals surface area contributed by atoms with Crippen LogP contribution in [-0.2, 0) is 13.6 Å². The number of rotatable bonds is 3. The van der Waals surface area contributed by atoms with Crippen molar-refractivity contribution in [2.75, 3.05) is 6.54 Å². The van der Waals surface area contributed by atoms with Gasteiger partial charge in [-0.05, 0) is 18.2 Å². The number of carbonyl (C=O) groups excluding carboxylic acids is 1. The number of nitrogens with zero attached hydrogens (tertiary/aromatic N) is 2. The lowest BCUT2D eigenvalue weighted by Crippen LogP contribution is -2.23. The van der Waals surface area contributed by atoms with E-state index in [9.17, 15) is 9.18 Å². The topological polar surface area (TPSA) is 72.9 Å². The maximum absolute atomic E-state index is 13.7. The first kappa shape index (κ1) is 14.8. The first-order valence-electron chi connectivity index (χ1n) is 6.34. The summed E-state index contributed by atoms with van der Waals surface area (Å²) in [5.41, 5.74) is 6.63. The lowest BCUT2D eigenvalue weighted by molar-refractivity contribution is 0.0947. The highest BCUT2D eigenvalue weighted by Gasteiger charge is 2.12. The van der Waals surface area contributed by atoms with Crippen molar-refractivity contribution in [3.8, 4) is 11.8 Å². The van der Waals surface area contributed by atoms with Crippen molar-refractivity contribution >= 4 is 5.91 Å². The van der Waals surface area contributed by atoms with Crippen molar-refractivity contribution < 1.29 is 9.18 Å². The highest BCUT2D eigenvalue weighted by Crippen LogP contribution is 2.10. The molecule has 2 rings (SSSR count). The smallest absolute Gasteiger partial charge is 0.254 e. The van der Waals surface area contributed by atoms with Crippen LogP contribution < -0.4 is 11.1 Å². The highest BCUT2D eigenvalue weighted by atomic mass is 19.1. The number of nitrogens with one attached hydrogen (secondary N) is 1. The van der Waals surface area contributed by atoms with Gasteiger partial charge in [-0.15, -0.1) is 0 Å². The zero-order chi connectivity index (χ0) is 15.2. The van der Waals surface area contributed by atoms with Crippen LogP contribution in [0.15, 0.2) is 30.6 Å². The third-order valence-corrected chi connectivity index (χ3v) is 2.76. The Kier molecular flexibility index (Phi) is 4.69. The van der Waals surface area contributed by atoms with Crippen LogP contribution in [0, 0.1) is 17.7 Å². The second-order valence-electron chi connectivity index (χ2n) is 4.41. The van der Waals surface area contributed by atoms with Crippen molar-refractivity contribution in [2.24, 2.45) is 12.8 Å². The molecule has 0 aliphatic heterocycles. The van der Waals surface area contributed by atoms with Gasteiger partial charge in [-0.25, -0.2) is 4.39 Å². The van der Waals surface area contributed by atoms with Gasteiger partial charge in [-0.1, -0.05) is 11.8 Å². The molecule has 0 aliphatic rings. The van der Waals surface area contributed by atoms with E-state index >= 15 is 0 Å². The van der Waals surface area contributed by atoms with Gasteiger partial charge in [0.25, 0.3) is 5.91 Å². The maximum Gasteiger partial charge on any atom is 0.254 e. The summed E-state index contributed by atoms with van der Waals surface area (Å²) in [4.78, 5) is 12.0. The number of halogens is 1. The van der Waals surface area contributed by atoms with Crippen LogP contribution >= 0.6 is 0 Å². The molecule has 2 aromatic rings. The lowest BCUT2D eigenvalue weighted by atomic mass is 10.1. The third-order valence-electron chi connectivity index (χ3n) is 2.76. The van der Waals surface area contributed by atoms with E-state index in [0.29, 0.717) is 5.56 Å². The van der Waals surface area contributed by atoms with Gasteiger partial charge in [0.1, 0.15) is 5.82 Å².